The van der Waals surface area contributed by atoms with Crippen molar-refractivity contribution in [2.75, 3.05) is 0 Å². The van der Waals surface area contributed by atoms with Crippen LogP contribution < -0.4 is 4.74 Å². The van der Waals surface area contributed by atoms with Gasteiger partial charge in [0.15, 0.2) is 0 Å². The van der Waals surface area contributed by atoms with Crippen molar-refractivity contribution < 1.29 is 14.6 Å². The predicted molar refractivity (Wildman–Crippen MR) is 48.6 cm³/mol. The Morgan fingerprint density at radius 1 is 1.54 bits per heavy atom. The number of hydrogen-bond donors (Lipinski definition) is 1. The van der Waals surface area contributed by atoms with E-state index in [-0.39, 0.29) is 6.42 Å². The fourth-order valence-electron chi connectivity index (χ4n) is 1.02. The van der Waals surface area contributed by atoms with Crippen LogP contribution in [0.1, 0.15) is 5.56 Å². The van der Waals surface area contributed by atoms with Crippen LogP contribution in [0, 0.1) is 0 Å². The standard InChI is InChI=1S/C10H10O3/c1-2-13-9-6-4-3-5-8(9)7-10(11)12/h2-6H,1,7H2,(H,11,12). The van der Waals surface area contributed by atoms with Crippen molar-refractivity contribution in [3.63, 3.8) is 0 Å². The molecule has 0 heterocycles. The third-order valence-electron chi connectivity index (χ3n) is 1.52. The molecule has 0 aromatic heterocycles. The molecule has 1 N–H and O–H groups in total. The van der Waals surface area contributed by atoms with Crippen molar-refractivity contribution in [1.29, 1.82) is 0 Å². The van der Waals surface area contributed by atoms with Gasteiger partial charge >= 0.3 is 5.97 Å². The van der Waals surface area contributed by atoms with E-state index in [1.54, 1.807) is 24.3 Å². The zero-order valence-electron chi connectivity index (χ0n) is 7.06. The molecule has 0 saturated heterocycles. The van der Waals surface area contributed by atoms with E-state index in [0.29, 0.717) is 11.3 Å². The molecule has 0 radical (unpaired) electrons. The molecular weight excluding hydrogens is 168 g/mol. The second-order valence-corrected chi connectivity index (χ2v) is 2.46. The average Bonchev–Trinajstić information content (AvgIpc) is 2.08. The molecule has 0 aliphatic rings. The number of para-hydroxylation sites is 1. The topological polar surface area (TPSA) is 46.5 Å². The lowest BCUT2D eigenvalue weighted by atomic mass is 10.1. The SMILES string of the molecule is C=COc1ccccc1CC(=O)O. The first-order valence-electron chi connectivity index (χ1n) is 3.81. The van der Waals surface area contributed by atoms with Gasteiger partial charge in [-0.3, -0.25) is 4.79 Å². The maximum absolute atomic E-state index is 10.4. The largest absolute Gasteiger partial charge is 0.481 e. The van der Waals surface area contributed by atoms with Gasteiger partial charge in [-0.25, -0.2) is 0 Å². The minimum absolute atomic E-state index is 0.0377. The third-order valence-corrected chi connectivity index (χ3v) is 1.52. The van der Waals surface area contributed by atoms with E-state index in [2.05, 4.69) is 6.58 Å². The van der Waals surface area contributed by atoms with E-state index >= 15 is 0 Å². The first-order valence-corrected chi connectivity index (χ1v) is 3.81. The summed E-state index contributed by atoms with van der Waals surface area (Å²) in [5.41, 5.74) is 0.648. The van der Waals surface area contributed by atoms with Gasteiger partial charge in [0.05, 0.1) is 12.7 Å². The number of carboxylic acids is 1. The predicted octanol–water partition coefficient (Wildman–Crippen LogP) is 1.84. The molecule has 0 fully saturated rings. The molecule has 1 aromatic rings. The minimum Gasteiger partial charge on any atom is -0.481 e. The molecule has 0 bridgehead atoms. The summed E-state index contributed by atoms with van der Waals surface area (Å²) in [5, 5.41) is 8.58. The number of aliphatic carboxylic acids is 1. The van der Waals surface area contributed by atoms with Gasteiger partial charge < -0.3 is 9.84 Å². The molecule has 1 rings (SSSR count). The summed E-state index contributed by atoms with van der Waals surface area (Å²) in [6.07, 6.45) is 1.24. The highest BCUT2D eigenvalue weighted by Crippen LogP contribution is 2.18. The zero-order valence-corrected chi connectivity index (χ0v) is 7.06. The molecular formula is C10H10O3. The molecule has 0 aliphatic heterocycles. The number of benzene rings is 1. The molecule has 3 nitrogen and oxygen atoms in total. The van der Waals surface area contributed by atoms with Gasteiger partial charge in [0.2, 0.25) is 0 Å². The summed E-state index contributed by atoms with van der Waals surface area (Å²) < 4.78 is 5.04. The molecule has 68 valence electrons. The van der Waals surface area contributed by atoms with Gasteiger partial charge in [-0.15, -0.1) is 0 Å². The fourth-order valence-corrected chi connectivity index (χ4v) is 1.02. The van der Waals surface area contributed by atoms with Gasteiger partial charge in [0, 0.05) is 5.56 Å². The summed E-state index contributed by atoms with van der Waals surface area (Å²) >= 11 is 0. The van der Waals surface area contributed by atoms with Crippen LogP contribution in [0.15, 0.2) is 37.1 Å². The average molecular weight is 178 g/mol. The van der Waals surface area contributed by atoms with Crippen molar-refractivity contribution in [3.8, 4) is 5.75 Å². The second kappa shape index (κ2) is 4.30. The summed E-state index contributed by atoms with van der Waals surface area (Å²) in [4.78, 5) is 10.4. The Labute approximate surface area is 76.3 Å². The monoisotopic (exact) mass is 178 g/mol. The maximum atomic E-state index is 10.4. The normalized spacial score (nSPS) is 9.23. The van der Waals surface area contributed by atoms with Gasteiger partial charge in [-0.05, 0) is 6.07 Å². The Morgan fingerprint density at radius 2 is 2.23 bits per heavy atom. The molecule has 1 aromatic carbocycles. The van der Waals surface area contributed by atoms with E-state index in [1.807, 2.05) is 0 Å². The lowest BCUT2D eigenvalue weighted by Crippen LogP contribution is -2.01. The number of carboxylic acid groups (broad SMARTS) is 1. The highest BCUT2D eigenvalue weighted by molar-refractivity contribution is 5.71. The van der Waals surface area contributed by atoms with E-state index in [1.165, 1.54) is 6.26 Å². The van der Waals surface area contributed by atoms with Crippen LogP contribution in [0.5, 0.6) is 5.75 Å². The molecule has 0 atom stereocenters. The molecule has 0 amide bonds. The fraction of sp³-hybridized carbons (Fsp3) is 0.100. The number of ether oxygens (including phenoxy) is 1. The van der Waals surface area contributed by atoms with Gasteiger partial charge in [0.1, 0.15) is 5.75 Å². The summed E-state index contributed by atoms with van der Waals surface area (Å²) in [5.74, 6) is -0.333. The number of hydrogen-bond acceptors (Lipinski definition) is 2. The van der Waals surface area contributed by atoms with Gasteiger partial charge in [0.25, 0.3) is 0 Å². The van der Waals surface area contributed by atoms with Crippen LogP contribution in [-0.2, 0) is 11.2 Å². The molecule has 0 spiro atoms. The Kier molecular flexibility index (Phi) is 3.09. The first kappa shape index (κ1) is 9.32. The Balaban J connectivity index is 2.90. The smallest absolute Gasteiger partial charge is 0.307 e. The van der Waals surface area contributed by atoms with Gasteiger partial charge in [-0.2, -0.15) is 0 Å². The van der Waals surface area contributed by atoms with Gasteiger partial charge in [-0.1, -0.05) is 24.8 Å². The van der Waals surface area contributed by atoms with Crippen LogP contribution in [0.2, 0.25) is 0 Å². The van der Waals surface area contributed by atoms with Crippen molar-refractivity contribution in [2.24, 2.45) is 0 Å². The second-order valence-electron chi connectivity index (χ2n) is 2.46. The van der Waals surface area contributed by atoms with Crippen LogP contribution >= 0.6 is 0 Å². The van der Waals surface area contributed by atoms with Crippen molar-refractivity contribution >= 4 is 5.97 Å². The lowest BCUT2D eigenvalue weighted by Gasteiger charge is -2.04. The highest BCUT2D eigenvalue weighted by atomic mass is 16.5. The van der Waals surface area contributed by atoms with Crippen LogP contribution in [0.25, 0.3) is 0 Å². The van der Waals surface area contributed by atoms with Crippen molar-refractivity contribution in [3.05, 3.63) is 42.7 Å². The molecule has 0 aliphatic carbocycles. The Morgan fingerprint density at radius 3 is 2.85 bits per heavy atom. The molecule has 3 heteroatoms. The van der Waals surface area contributed by atoms with E-state index in [4.69, 9.17) is 9.84 Å². The summed E-state index contributed by atoms with van der Waals surface area (Å²) in [6.45, 7) is 3.41. The van der Waals surface area contributed by atoms with Crippen LogP contribution in [0.4, 0.5) is 0 Å². The van der Waals surface area contributed by atoms with Crippen LogP contribution in [0.3, 0.4) is 0 Å². The van der Waals surface area contributed by atoms with Crippen molar-refractivity contribution in [2.45, 2.75) is 6.42 Å². The maximum Gasteiger partial charge on any atom is 0.307 e. The zero-order chi connectivity index (χ0) is 9.68. The minimum atomic E-state index is -0.875. The quantitative estimate of drug-likeness (QED) is 0.715. The van der Waals surface area contributed by atoms with Crippen molar-refractivity contribution in [1.82, 2.24) is 0 Å². The first-order chi connectivity index (χ1) is 6.24. The van der Waals surface area contributed by atoms with E-state index in [9.17, 15) is 4.79 Å². The summed E-state index contributed by atoms with van der Waals surface area (Å²) in [6, 6.07) is 6.98. The molecule has 13 heavy (non-hydrogen) atoms. The van der Waals surface area contributed by atoms with Crippen LogP contribution in [-0.4, -0.2) is 11.1 Å². The Hall–Kier alpha value is -1.77. The van der Waals surface area contributed by atoms with E-state index in [0.717, 1.165) is 0 Å². The summed E-state index contributed by atoms with van der Waals surface area (Å²) in [7, 11) is 0. The van der Waals surface area contributed by atoms with E-state index < -0.39 is 5.97 Å². The number of rotatable bonds is 4. The molecule has 0 saturated carbocycles. The number of carbonyl (C=O) groups is 1. The highest BCUT2D eigenvalue weighted by Gasteiger charge is 2.05. The lowest BCUT2D eigenvalue weighted by molar-refractivity contribution is -0.136. The third kappa shape index (κ3) is 2.63. The Bertz CT molecular complexity index is 318. The molecule has 0 unspecified atom stereocenters.